The molecule has 0 aliphatic carbocycles. The topological polar surface area (TPSA) is 33.2 Å². The number of carbonyl (C=O) groups is 1. The molecule has 0 N–H and O–H groups in total. The fourth-order valence-electron chi connectivity index (χ4n) is 1.87. The van der Waals surface area contributed by atoms with Crippen LogP contribution in [0.15, 0.2) is 18.3 Å². The third-order valence-electron chi connectivity index (χ3n) is 2.85. The molecular formula is C14H22N2O. The lowest BCUT2D eigenvalue weighted by Gasteiger charge is -2.14. The molecule has 0 spiro atoms. The summed E-state index contributed by atoms with van der Waals surface area (Å²) in [4.78, 5) is 17.4. The van der Waals surface area contributed by atoms with Gasteiger partial charge >= 0.3 is 0 Å². The molecule has 3 nitrogen and oxygen atoms in total. The molecule has 0 bridgehead atoms. The summed E-state index contributed by atoms with van der Waals surface area (Å²) < 4.78 is 0. The van der Waals surface area contributed by atoms with Gasteiger partial charge in [0.05, 0.1) is 0 Å². The number of Topliss-reactive ketones (excluding diaryl/α,β-unsaturated/α-hetero) is 1. The van der Waals surface area contributed by atoms with Gasteiger partial charge in [-0.05, 0) is 37.8 Å². The molecule has 0 aromatic carbocycles. The summed E-state index contributed by atoms with van der Waals surface area (Å²) in [5.41, 5.74) is 2.28. The number of hydrogen-bond donors (Lipinski definition) is 0. The lowest BCUT2D eigenvalue weighted by atomic mass is 9.98. The number of aryl methyl sites for hydroxylation is 1. The van der Waals surface area contributed by atoms with E-state index in [1.165, 1.54) is 5.69 Å². The number of pyridine rings is 1. The number of ketones is 1. The van der Waals surface area contributed by atoms with Crippen molar-refractivity contribution in [3.63, 3.8) is 0 Å². The zero-order valence-corrected chi connectivity index (χ0v) is 11.2. The van der Waals surface area contributed by atoms with Crippen LogP contribution in [0.1, 0.15) is 32.4 Å². The second-order valence-corrected chi connectivity index (χ2v) is 4.95. The average Bonchev–Trinajstić information content (AvgIpc) is 2.26. The molecule has 0 radical (unpaired) electrons. The van der Waals surface area contributed by atoms with E-state index in [1.54, 1.807) is 6.92 Å². The molecule has 1 aromatic rings. The van der Waals surface area contributed by atoms with Gasteiger partial charge in [-0.3, -0.25) is 4.98 Å². The highest BCUT2D eigenvalue weighted by molar-refractivity contribution is 5.75. The summed E-state index contributed by atoms with van der Waals surface area (Å²) in [6.07, 6.45) is 4.48. The van der Waals surface area contributed by atoms with Gasteiger partial charge in [-0.15, -0.1) is 0 Å². The minimum atomic E-state index is 0.271. The van der Waals surface area contributed by atoms with E-state index in [-0.39, 0.29) is 5.78 Å². The van der Waals surface area contributed by atoms with E-state index in [0.717, 1.165) is 18.5 Å². The van der Waals surface area contributed by atoms with Crippen molar-refractivity contribution in [2.75, 3.05) is 19.0 Å². The van der Waals surface area contributed by atoms with Gasteiger partial charge in [0.25, 0.3) is 0 Å². The Morgan fingerprint density at radius 1 is 1.47 bits per heavy atom. The minimum Gasteiger partial charge on any atom is -0.378 e. The highest BCUT2D eigenvalue weighted by Crippen LogP contribution is 2.15. The molecule has 0 saturated heterocycles. The van der Waals surface area contributed by atoms with Crippen LogP contribution in [-0.2, 0) is 11.2 Å². The SMILES string of the molecule is CC(=O)CC(C)CCc1cc(N(C)C)ccn1. The van der Waals surface area contributed by atoms with Crippen LogP contribution in [0.25, 0.3) is 0 Å². The van der Waals surface area contributed by atoms with Crippen molar-refractivity contribution in [2.45, 2.75) is 33.1 Å². The lowest BCUT2D eigenvalue weighted by molar-refractivity contribution is -0.117. The standard InChI is InChI=1S/C14H22N2O/c1-11(9-12(2)17)5-6-13-10-14(16(3)4)7-8-15-13/h7-8,10-11H,5-6,9H2,1-4H3. The number of anilines is 1. The van der Waals surface area contributed by atoms with Crippen LogP contribution in [0.2, 0.25) is 0 Å². The zero-order chi connectivity index (χ0) is 12.8. The highest BCUT2D eigenvalue weighted by atomic mass is 16.1. The summed E-state index contributed by atoms with van der Waals surface area (Å²) in [5, 5.41) is 0. The fraction of sp³-hybridized carbons (Fsp3) is 0.571. The Morgan fingerprint density at radius 2 is 2.18 bits per heavy atom. The lowest BCUT2D eigenvalue weighted by Crippen LogP contribution is -2.09. The van der Waals surface area contributed by atoms with Crippen LogP contribution in [0.5, 0.6) is 0 Å². The van der Waals surface area contributed by atoms with Gasteiger partial charge in [-0.25, -0.2) is 0 Å². The summed E-state index contributed by atoms with van der Waals surface area (Å²) >= 11 is 0. The zero-order valence-electron chi connectivity index (χ0n) is 11.2. The van der Waals surface area contributed by atoms with Gasteiger partial charge in [0.15, 0.2) is 0 Å². The molecule has 3 heteroatoms. The number of rotatable bonds is 6. The molecule has 17 heavy (non-hydrogen) atoms. The molecule has 1 aromatic heterocycles. The third kappa shape index (κ3) is 4.98. The molecule has 0 aliphatic heterocycles. The number of aromatic nitrogens is 1. The predicted octanol–water partition coefficient (Wildman–Crippen LogP) is 2.70. The quantitative estimate of drug-likeness (QED) is 0.758. The molecule has 0 saturated carbocycles. The maximum atomic E-state index is 11.0. The van der Waals surface area contributed by atoms with Gasteiger partial charge in [0.1, 0.15) is 5.78 Å². The first kappa shape index (κ1) is 13.7. The largest absolute Gasteiger partial charge is 0.378 e. The normalized spacial score (nSPS) is 12.2. The number of hydrogen-bond acceptors (Lipinski definition) is 3. The van der Waals surface area contributed by atoms with Crippen molar-refractivity contribution in [1.82, 2.24) is 4.98 Å². The Hall–Kier alpha value is -1.38. The summed E-state index contributed by atoms with van der Waals surface area (Å²) in [6.45, 7) is 3.78. The Bertz CT molecular complexity index is 374. The molecular weight excluding hydrogens is 212 g/mol. The van der Waals surface area contributed by atoms with Crippen LogP contribution in [0.4, 0.5) is 5.69 Å². The van der Waals surface area contributed by atoms with Gasteiger partial charge in [-0.1, -0.05) is 6.92 Å². The van der Waals surface area contributed by atoms with E-state index in [0.29, 0.717) is 12.3 Å². The van der Waals surface area contributed by atoms with Crippen LogP contribution in [-0.4, -0.2) is 24.9 Å². The Balaban J connectivity index is 2.51. The summed E-state index contributed by atoms with van der Waals surface area (Å²) in [6, 6.07) is 4.11. The van der Waals surface area contributed by atoms with E-state index in [9.17, 15) is 4.79 Å². The molecule has 0 amide bonds. The van der Waals surface area contributed by atoms with Crippen LogP contribution < -0.4 is 4.90 Å². The van der Waals surface area contributed by atoms with Crippen LogP contribution in [0, 0.1) is 5.92 Å². The van der Waals surface area contributed by atoms with Crippen LogP contribution in [0.3, 0.4) is 0 Å². The minimum absolute atomic E-state index is 0.271. The molecule has 1 heterocycles. The number of nitrogens with zero attached hydrogens (tertiary/aromatic N) is 2. The van der Waals surface area contributed by atoms with E-state index in [4.69, 9.17) is 0 Å². The second-order valence-electron chi connectivity index (χ2n) is 4.95. The van der Waals surface area contributed by atoms with Crippen molar-refractivity contribution in [2.24, 2.45) is 5.92 Å². The smallest absolute Gasteiger partial charge is 0.130 e. The summed E-state index contributed by atoms with van der Waals surface area (Å²) in [7, 11) is 4.05. The van der Waals surface area contributed by atoms with Crippen molar-refractivity contribution in [1.29, 1.82) is 0 Å². The summed E-state index contributed by atoms with van der Waals surface area (Å²) in [5.74, 6) is 0.713. The van der Waals surface area contributed by atoms with Gasteiger partial charge in [0, 0.05) is 38.1 Å². The molecule has 0 fully saturated rings. The first-order valence-corrected chi connectivity index (χ1v) is 6.10. The molecule has 1 unspecified atom stereocenters. The monoisotopic (exact) mass is 234 g/mol. The van der Waals surface area contributed by atoms with Gasteiger partial charge < -0.3 is 9.69 Å². The third-order valence-corrected chi connectivity index (χ3v) is 2.85. The maximum Gasteiger partial charge on any atom is 0.130 e. The Morgan fingerprint density at radius 3 is 2.76 bits per heavy atom. The van der Waals surface area contributed by atoms with Crippen molar-refractivity contribution in [3.8, 4) is 0 Å². The molecule has 1 atom stereocenters. The predicted molar refractivity (Wildman–Crippen MR) is 71.3 cm³/mol. The Labute approximate surface area is 104 Å². The van der Waals surface area contributed by atoms with E-state index in [1.807, 2.05) is 26.4 Å². The number of carbonyl (C=O) groups excluding carboxylic acids is 1. The van der Waals surface area contributed by atoms with Crippen molar-refractivity contribution in [3.05, 3.63) is 24.0 Å². The molecule has 0 aliphatic rings. The Kier molecular flexibility index (Phi) is 5.13. The molecule has 1 rings (SSSR count). The fourth-order valence-corrected chi connectivity index (χ4v) is 1.87. The first-order valence-electron chi connectivity index (χ1n) is 6.10. The van der Waals surface area contributed by atoms with Gasteiger partial charge in [-0.2, -0.15) is 0 Å². The van der Waals surface area contributed by atoms with Crippen molar-refractivity contribution >= 4 is 11.5 Å². The highest BCUT2D eigenvalue weighted by Gasteiger charge is 2.07. The van der Waals surface area contributed by atoms with Gasteiger partial charge in [0.2, 0.25) is 0 Å². The second kappa shape index (κ2) is 6.38. The van der Waals surface area contributed by atoms with Crippen LogP contribution >= 0.6 is 0 Å². The van der Waals surface area contributed by atoms with E-state index in [2.05, 4.69) is 22.9 Å². The van der Waals surface area contributed by atoms with Crippen molar-refractivity contribution < 1.29 is 4.79 Å². The average molecular weight is 234 g/mol. The maximum absolute atomic E-state index is 11.0. The van der Waals surface area contributed by atoms with E-state index < -0.39 is 0 Å². The first-order chi connectivity index (χ1) is 7.99. The molecule has 94 valence electrons. The van der Waals surface area contributed by atoms with E-state index >= 15 is 0 Å².